The lowest BCUT2D eigenvalue weighted by molar-refractivity contribution is 0.101. The number of allylic oxidation sites excluding steroid dienone is 5. The third-order valence-corrected chi connectivity index (χ3v) is 23.0. The zero-order valence-corrected chi connectivity index (χ0v) is 67.5. The molecule has 12 atom stereocenters. The Morgan fingerprint density at radius 1 is 0.651 bits per heavy atom. The molecular weight excluding hydrogens is 1300 g/mol. The molecule has 5 aromatic carbocycles. The standard InChI is InChI=1S/C93H125B2N7O4/c1-60-42-46-79-76(48-60)99-88(105-79)75(56-96)86-82-83(84(101(86)94(70-32-22-19-23-33-70)71-34-24-20-25-35-71)66-30-28-38-73(50-66)103-58-68(64(5)54-92(13,14)15)44-40-62(3)52-90(7,8)9)87(81(78-57-98-78)89-100-77-49-61(2)43-47-80(77)106-89)102(95(97)72-36-26-21-27-37-72)85(82)67-31-29-39-74(51-67)104-59-69(65(6)55-93(16,17)18)45-41-63(4)53-91(10,11)12/h19-27,29-30,32-37,39,42-43,46-51,62-65,67-69,75,78,86,88-89,98-100H,28,31,38,40-41,44-45,52-55,57-59,97H2,1-18H3/b87-81-. The molecule has 5 N–H and O–H groups in total. The molecule has 0 saturated carbocycles. The summed E-state index contributed by atoms with van der Waals surface area (Å²) in [5.41, 5.74) is 21.6. The quantitative estimate of drug-likeness (QED) is 0.0265. The summed E-state index contributed by atoms with van der Waals surface area (Å²) < 4.78 is 32.0. The van der Waals surface area contributed by atoms with Gasteiger partial charge >= 0.3 is 13.8 Å². The first-order chi connectivity index (χ1) is 50.4. The summed E-state index contributed by atoms with van der Waals surface area (Å²) in [5.74, 6) is 5.01. The molecule has 5 heterocycles. The number of aromatic nitrogens is 1. The first kappa shape index (κ1) is 77.8. The van der Waals surface area contributed by atoms with Crippen LogP contribution >= 0.6 is 0 Å². The van der Waals surface area contributed by atoms with Gasteiger partial charge < -0.3 is 49.8 Å². The Labute approximate surface area is 638 Å². The number of nitriles is 1. The summed E-state index contributed by atoms with van der Waals surface area (Å²) in [6.45, 7) is 43.4. The zero-order valence-electron chi connectivity index (χ0n) is 67.5. The van der Waals surface area contributed by atoms with Gasteiger partial charge in [-0.3, -0.25) is 0 Å². The fraction of sp³-hybridized carbons (Fsp3) is 0.516. The maximum absolute atomic E-state index is 12.9. The maximum atomic E-state index is 12.9. The molecule has 12 unspecified atom stereocenters. The molecule has 6 aliphatic rings. The minimum atomic E-state index is -0.843. The van der Waals surface area contributed by atoms with E-state index in [1.54, 1.807) is 0 Å². The number of nitrogens with two attached hydrogens (primary N) is 1. The van der Waals surface area contributed by atoms with Gasteiger partial charge in [0, 0.05) is 58.0 Å². The molecule has 2 aliphatic carbocycles. The Morgan fingerprint density at radius 2 is 1.17 bits per heavy atom. The van der Waals surface area contributed by atoms with Crippen molar-refractivity contribution in [3.63, 3.8) is 0 Å². The molecule has 0 spiro atoms. The van der Waals surface area contributed by atoms with Gasteiger partial charge in [-0.05, 0) is 187 Å². The van der Waals surface area contributed by atoms with Crippen LogP contribution in [0.2, 0.25) is 0 Å². The number of benzene rings is 5. The molecule has 1 saturated heterocycles. The predicted molar refractivity (Wildman–Crippen MR) is 444 cm³/mol. The number of rotatable bonds is 29. The third kappa shape index (κ3) is 18.8. The van der Waals surface area contributed by atoms with E-state index in [0.29, 0.717) is 55.1 Å². The van der Waals surface area contributed by atoms with Crippen LogP contribution in [-0.4, -0.2) is 61.4 Å². The lowest BCUT2D eigenvalue weighted by atomic mass is 9.48. The van der Waals surface area contributed by atoms with Gasteiger partial charge in [-0.2, -0.15) is 5.26 Å². The van der Waals surface area contributed by atoms with E-state index < -0.39 is 38.2 Å². The van der Waals surface area contributed by atoms with Crippen molar-refractivity contribution in [2.45, 2.75) is 226 Å². The molecule has 4 aliphatic heterocycles. The van der Waals surface area contributed by atoms with Gasteiger partial charge in [0.15, 0.2) is 12.5 Å². The van der Waals surface area contributed by atoms with Crippen LogP contribution in [0.15, 0.2) is 175 Å². The molecule has 1 aromatic heterocycles. The summed E-state index contributed by atoms with van der Waals surface area (Å²) in [7, 11) is 0. The fourth-order valence-corrected chi connectivity index (χ4v) is 18.7. The molecule has 0 bridgehead atoms. The van der Waals surface area contributed by atoms with Crippen molar-refractivity contribution in [3.8, 4) is 17.6 Å². The summed E-state index contributed by atoms with van der Waals surface area (Å²) >= 11 is 0. The van der Waals surface area contributed by atoms with E-state index in [0.717, 1.165) is 158 Å². The number of anilines is 2. The van der Waals surface area contributed by atoms with Gasteiger partial charge in [0.1, 0.15) is 23.2 Å². The van der Waals surface area contributed by atoms with Gasteiger partial charge in [-0.25, -0.2) is 0 Å². The summed E-state index contributed by atoms with van der Waals surface area (Å²) in [6, 6.07) is 47.6. The highest BCUT2D eigenvalue weighted by molar-refractivity contribution is 6.84. The second-order valence-electron chi connectivity index (χ2n) is 37.7. The molecule has 13 heteroatoms. The molecule has 1 fully saturated rings. The van der Waals surface area contributed by atoms with Crippen LogP contribution in [0.4, 0.5) is 11.4 Å². The zero-order chi connectivity index (χ0) is 75.6. The normalized spacial score (nSPS) is 21.3. The van der Waals surface area contributed by atoms with Gasteiger partial charge in [0.25, 0.3) is 0 Å². The average Bonchev–Trinajstić information content (AvgIpc) is 1.52. The number of hydrogen-bond donors (Lipinski definition) is 4. The molecule has 562 valence electrons. The molecular formula is C93H125B2N7O4. The summed E-state index contributed by atoms with van der Waals surface area (Å²) in [6.07, 6.45) is 21.7. The SMILES string of the molecule is Cc1ccc2c(c1)NC(/C(=c1/c3c(c(C4C=C(OCC(CCC(C)CC(C)(C)C)C(C)CC(C)(C)C)C=CC4)n1B(N)c1ccccc1)C(C(C#N)C1Nc4cc(C)ccc4O1)N(B(c1ccccc1)c1ccccc1)C=3C1=CCCC(OCC(CCC(C)CC(C)(C)C)C(C)CC(C)(C)C)=C1)C1CN1)O2. The molecule has 106 heavy (non-hydrogen) atoms. The number of fused-ring (bicyclic) bond motifs is 3. The van der Waals surface area contributed by atoms with Crippen molar-refractivity contribution >= 4 is 52.9 Å². The monoisotopic (exact) mass is 1430 g/mol. The fourth-order valence-electron chi connectivity index (χ4n) is 18.7. The molecule has 11 nitrogen and oxygen atoms in total. The number of nitrogens with one attached hydrogen (secondary N) is 3. The minimum Gasteiger partial charge on any atom is -0.498 e. The van der Waals surface area contributed by atoms with E-state index in [4.69, 9.17) is 24.6 Å². The maximum Gasteiger partial charge on any atom is 0.377 e. The van der Waals surface area contributed by atoms with Crippen molar-refractivity contribution in [3.05, 3.63) is 208 Å². The lowest BCUT2D eigenvalue weighted by Crippen LogP contribution is -2.59. The van der Waals surface area contributed by atoms with Crippen molar-refractivity contribution < 1.29 is 18.9 Å². The van der Waals surface area contributed by atoms with Crippen LogP contribution in [0.25, 0.3) is 11.3 Å². The predicted octanol–water partition coefficient (Wildman–Crippen LogP) is 18.1. The second-order valence-corrected chi connectivity index (χ2v) is 37.7. The Kier molecular flexibility index (Phi) is 23.9. The van der Waals surface area contributed by atoms with Crippen LogP contribution in [0.1, 0.15) is 216 Å². The van der Waals surface area contributed by atoms with E-state index in [2.05, 4.69) is 314 Å². The second kappa shape index (κ2) is 32.6. The Balaban J connectivity index is 1.15. The van der Waals surface area contributed by atoms with E-state index in [9.17, 15) is 5.26 Å². The summed E-state index contributed by atoms with van der Waals surface area (Å²) in [4.78, 5) is 2.66. The van der Waals surface area contributed by atoms with Crippen molar-refractivity contribution in [2.24, 2.45) is 68.7 Å². The van der Waals surface area contributed by atoms with Crippen molar-refractivity contribution in [1.82, 2.24) is 14.6 Å². The number of hydrogen-bond acceptors (Lipinski definition) is 10. The van der Waals surface area contributed by atoms with Gasteiger partial charge in [-0.15, -0.1) is 0 Å². The largest absolute Gasteiger partial charge is 0.498 e. The number of ether oxygens (including phenoxy) is 4. The molecule has 12 rings (SSSR count). The van der Waals surface area contributed by atoms with Crippen LogP contribution in [0.3, 0.4) is 0 Å². The van der Waals surface area contributed by atoms with Gasteiger partial charge in [0.2, 0.25) is 0 Å². The van der Waals surface area contributed by atoms with Crippen LogP contribution in [0.5, 0.6) is 11.5 Å². The smallest absolute Gasteiger partial charge is 0.377 e. The van der Waals surface area contributed by atoms with Gasteiger partial charge in [0.05, 0.1) is 42.5 Å². The Morgan fingerprint density at radius 3 is 1.70 bits per heavy atom. The van der Waals surface area contributed by atoms with Crippen LogP contribution in [0, 0.1) is 88.3 Å². The van der Waals surface area contributed by atoms with Crippen molar-refractivity contribution in [2.75, 3.05) is 30.4 Å². The van der Waals surface area contributed by atoms with Crippen molar-refractivity contribution in [1.29, 1.82) is 5.26 Å². The molecule has 0 amide bonds. The van der Waals surface area contributed by atoms with E-state index >= 15 is 0 Å². The average molecular weight is 1430 g/mol. The first-order valence-corrected chi connectivity index (χ1v) is 40.3. The highest BCUT2D eigenvalue weighted by atomic mass is 16.5. The highest BCUT2D eigenvalue weighted by Crippen LogP contribution is 2.49. The number of nitrogens with zero attached hydrogens (tertiary/aromatic N) is 3. The lowest BCUT2D eigenvalue weighted by Gasteiger charge is -2.41. The highest BCUT2D eigenvalue weighted by Gasteiger charge is 2.53. The van der Waals surface area contributed by atoms with E-state index in [-0.39, 0.29) is 33.6 Å². The third-order valence-electron chi connectivity index (χ3n) is 23.0. The number of aryl methyl sites for hydroxylation is 2. The summed E-state index contributed by atoms with van der Waals surface area (Å²) in [5, 5.41) is 26.6. The topological polar surface area (TPSA) is 141 Å². The molecule has 0 radical (unpaired) electrons. The first-order valence-electron chi connectivity index (χ1n) is 40.3. The van der Waals surface area contributed by atoms with Gasteiger partial charge in [-0.1, -0.05) is 250 Å². The van der Waals surface area contributed by atoms with E-state index in [1.165, 1.54) is 12.8 Å². The molecule has 6 aromatic rings. The Hall–Kier alpha value is -7.78. The minimum absolute atomic E-state index is 0.106. The Bertz CT molecular complexity index is 4290. The van der Waals surface area contributed by atoms with Crippen LogP contribution in [-0.2, 0) is 9.47 Å². The van der Waals surface area contributed by atoms with Crippen LogP contribution < -0.4 is 58.0 Å². The van der Waals surface area contributed by atoms with E-state index in [1.807, 2.05) is 0 Å².